The van der Waals surface area contributed by atoms with Crippen LogP contribution < -0.4 is 9.64 Å². The first kappa shape index (κ1) is 18.1. The topological polar surface area (TPSA) is 62.1 Å². The standard InChI is InChI=1S/C20H20N2O3S/c1-3-11-21-20-22(15-7-5-4-6-8-15)19(24)18(26-20)13-14-9-10-16(23)17(12-14)25-2/h4-10,12-13,23H,3,11H2,1-2H3. The first-order valence-electron chi connectivity index (χ1n) is 8.34. The number of ether oxygens (including phenoxy) is 1. The van der Waals surface area contributed by atoms with Gasteiger partial charge in [0.15, 0.2) is 16.7 Å². The van der Waals surface area contributed by atoms with Gasteiger partial charge in [0.05, 0.1) is 17.7 Å². The van der Waals surface area contributed by atoms with Crippen LogP contribution in [0.5, 0.6) is 11.5 Å². The van der Waals surface area contributed by atoms with E-state index >= 15 is 0 Å². The Hall–Kier alpha value is -2.73. The number of phenolic OH excluding ortho intramolecular Hbond substituents is 1. The molecule has 1 heterocycles. The molecule has 1 aliphatic rings. The number of amides is 1. The Labute approximate surface area is 157 Å². The van der Waals surface area contributed by atoms with E-state index in [-0.39, 0.29) is 11.7 Å². The average Bonchev–Trinajstić information content (AvgIpc) is 2.97. The van der Waals surface area contributed by atoms with Gasteiger partial charge in [0.2, 0.25) is 0 Å². The third kappa shape index (κ3) is 3.75. The first-order valence-corrected chi connectivity index (χ1v) is 9.16. The first-order chi connectivity index (χ1) is 12.6. The monoisotopic (exact) mass is 368 g/mol. The molecule has 3 rings (SSSR count). The fourth-order valence-corrected chi connectivity index (χ4v) is 3.53. The summed E-state index contributed by atoms with van der Waals surface area (Å²) in [6.45, 7) is 2.72. The smallest absolute Gasteiger partial charge is 0.271 e. The molecule has 1 fully saturated rings. The maximum absolute atomic E-state index is 13.0. The summed E-state index contributed by atoms with van der Waals surface area (Å²) >= 11 is 1.36. The van der Waals surface area contributed by atoms with Crippen molar-refractivity contribution in [3.63, 3.8) is 0 Å². The van der Waals surface area contributed by atoms with Crippen molar-refractivity contribution in [3.05, 3.63) is 59.0 Å². The molecule has 2 aromatic rings. The molecule has 1 amide bonds. The zero-order valence-electron chi connectivity index (χ0n) is 14.7. The molecular weight excluding hydrogens is 348 g/mol. The Morgan fingerprint density at radius 1 is 1.23 bits per heavy atom. The molecule has 1 saturated heterocycles. The van der Waals surface area contributed by atoms with Gasteiger partial charge in [-0.2, -0.15) is 0 Å². The molecule has 0 aliphatic carbocycles. The van der Waals surface area contributed by atoms with Crippen LogP contribution in [0.25, 0.3) is 6.08 Å². The minimum Gasteiger partial charge on any atom is -0.504 e. The number of carbonyl (C=O) groups is 1. The van der Waals surface area contributed by atoms with Crippen LogP contribution in [0.15, 0.2) is 58.4 Å². The Morgan fingerprint density at radius 2 is 2.00 bits per heavy atom. The maximum atomic E-state index is 13.0. The number of hydrogen-bond acceptors (Lipinski definition) is 5. The largest absolute Gasteiger partial charge is 0.504 e. The number of benzene rings is 2. The van der Waals surface area contributed by atoms with Gasteiger partial charge in [-0.3, -0.25) is 14.7 Å². The molecule has 26 heavy (non-hydrogen) atoms. The number of aliphatic imine (C=N–C) groups is 1. The van der Waals surface area contributed by atoms with E-state index in [1.165, 1.54) is 18.9 Å². The number of carbonyl (C=O) groups excluding carboxylic acids is 1. The summed E-state index contributed by atoms with van der Waals surface area (Å²) in [6.07, 6.45) is 2.70. The van der Waals surface area contributed by atoms with Gasteiger partial charge in [-0.1, -0.05) is 31.2 Å². The van der Waals surface area contributed by atoms with Crippen LogP contribution in [0, 0.1) is 0 Å². The van der Waals surface area contributed by atoms with E-state index in [1.807, 2.05) is 30.3 Å². The van der Waals surface area contributed by atoms with Gasteiger partial charge in [-0.15, -0.1) is 0 Å². The molecule has 134 valence electrons. The quantitative estimate of drug-likeness (QED) is 0.800. The second-order valence-corrected chi connectivity index (χ2v) is 6.69. The van der Waals surface area contributed by atoms with Crippen LogP contribution in [0.4, 0.5) is 5.69 Å². The summed E-state index contributed by atoms with van der Waals surface area (Å²) in [4.78, 5) is 19.8. The highest BCUT2D eigenvalue weighted by Crippen LogP contribution is 2.37. The fourth-order valence-electron chi connectivity index (χ4n) is 2.53. The molecule has 0 radical (unpaired) electrons. The van der Waals surface area contributed by atoms with Gasteiger partial charge < -0.3 is 9.84 Å². The molecule has 0 atom stereocenters. The molecule has 2 aromatic carbocycles. The molecule has 5 nitrogen and oxygen atoms in total. The summed E-state index contributed by atoms with van der Waals surface area (Å²) in [6, 6.07) is 14.5. The Kier molecular flexibility index (Phi) is 5.63. The number of methoxy groups -OCH3 is 1. The lowest BCUT2D eigenvalue weighted by atomic mass is 10.2. The number of anilines is 1. The van der Waals surface area contributed by atoms with Crippen molar-refractivity contribution < 1.29 is 14.6 Å². The molecule has 6 heteroatoms. The van der Waals surface area contributed by atoms with Crippen molar-refractivity contribution in [2.45, 2.75) is 13.3 Å². The maximum Gasteiger partial charge on any atom is 0.271 e. The third-order valence-corrected chi connectivity index (χ3v) is 4.80. The molecule has 0 unspecified atom stereocenters. The van der Waals surface area contributed by atoms with E-state index in [9.17, 15) is 9.90 Å². The van der Waals surface area contributed by atoms with Crippen LogP contribution in [0.2, 0.25) is 0 Å². The number of nitrogens with zero attached hydrogens (tertiary/aromatic N) is 2. The second-order valence-electron chi connectivity index (χ2n) is 5.68. The minimum atomic E-state index is -0.108. The van der Waals surface area contributed by atoms with Gasteiger partial charge in [0.1, 0.15) is 0 Å². The zero-order chi connectivity index (χ0) is 18.5. The molecule has 0 bridgehead atoms. The summed E-state index contributed by atoms with van der Waals surface area (Å²) in [5.41, 5.74) is 1.58. The lowest BCUT2D eigenvalue weighted by Gasteiger charge is -2.15. The number of thioether (sulfide) groups is 1. The van der Waals surface area contributed by atoms with E-state index in [1.54, 1.807) is 29.2 Å². The lowest BCUT2D eigenvalue weighted by Crippen LogP contribution is -2.28. The highest BCUT2D eigenvalue weighted by Gasteiger charge is 2.34. The fraction of sp³-hybridized carbons (Fsp3) is 0.200. The van der Waals surface area contributed by atoms with Gasteiger partial charge >= 0.3 is 0 Å². The normalized spacial score (nSPS) is 17.3. The molecule has 0 saturated carbocycles. The lowest BCUT2D eigenvalue weighted by molar-refractivity contribution is -0.113. The number of amidine groups is 1. The van der Waals surface area contributed by atoms with Gasteiger partial charge in [-0.05, 0) is 54.1 Å². The van der Waals surface area contributed by atoms with Crippen molar-refractivity contribution in [2.75, 3.05) is 18.6 Å². The molecule has 0 aromatic heterocycles. The van der Waals surface area contributed by atoms with Gasteiger partial charge in [-0.25, -0.2) is 0 Å². The van der Waals surface area contributed by atoms with E-state index in [2.05, 4.69) is 11.9 Å². The highest BCUT2D eigenvalue weighted by molar-refractivity contribution is 8.19. The number of phenols is 1. The number of rotatable bonds is 5. The van der Waals surface area contributed by atoms with Crippen LogP contribution in [0.1, 0.15) is 18.9 Å². The van der Waals surface area contributed by atoms with Crippen LogP contribution in [-0.2, 0) is 4.79 Å². The van der Waals surface area contributed by atoms with Crippen molar-refractivity contribution >= 4 is 34.6 Å². The molecule has 0 spiro atoms. The molecular formula is C20H20N2O3S. The number of aromatic hydroxyl groups is 1. The van der Waals surface area contributed by atoms with Gasteiger partial charge in [0.25, 0.3) is 5.91 Å². The van der Waals surface area contributed by atoms with Crippen molar-refractivity contribution in [1.82, 2.24) is 0 Å². The Bertz CT molecular complexity index is 863. The summed E-state index contributed by atoms with van der Waals surface area (Å²) in [5, 5.41) is 10.4. The second kappa shape index (κ2) is 8.10. The zero-order valence-corrected chi connectivity index (χ0v) is 15.5. The summed E-state index contributed by atoms with van der Waals surface area (Å²) < 4.78 is 5.14. The van der Waals surface area contributed by atoms with Crippen molar-refractivity contribution in [2.24, 2.45) is 4.99 Å². The van der Waals surface area contributed by atoms with Crippen molar-refractivity contribution in [1.29, 1.82) is 0 Å². The third-order valence-electron chi connectivity index (χ3n) is 3.79. The van der Waals surface area contributed by atoms with E-state index in [0.29, 0.717) is 22.4 Å². The molecule has 1 N–H and O–H groups in total. The number of para-hydroxylation sites is 1. The SMILES string of the molecule is CCCN=C1SC(=Cc2ccc(O)c(OC)c2)C(=O)N1c1ccccc1. The van der Waals surface area contributed by atoms with Crippen LogP contribution >= 0.6 is 11.8 Å². The Morgan fingerprint density at radius 3 is 2.69 bits per heavy atom. The predicted octanol–water partition coefficient (Wildman–Crippen LogP) is 4.29. The van der Waals surface area contributed by atoms with E-state index < -0.39 is 0 Å². The summed E-state index contributed by atoms with van der Waals surface area (Å²) in [7, 11) is 1.49. The number of hydrogen-bond donors (Lipinski definition) is 1. The Balaban J connectivity index is 1.98. The average molecular weight is 368 g/mol. The minimum absolute atomic E-state index is 0.0659. The van der Waals surface area contributed by atoms with Crippen LogP contribution in [-0.4, -0.2) is 29.8 Å². The van der Waals surface area contributed by atoms with Gasteiger partial charge in [0, 0.05) is 6.54 Å². The molecule has 1 aliphatic heterocycles. The van der Waals surface area contributed by atoms with E-state index in [0.717, 1.165) is 17.7 Å². The van der Waals surface area contributed by atoms with Crippen molar-refractivity contribution in [3.8, 4) is 11.5 Å². The predicted molar refractivity (Wildman–Crippen MR) is 107 cm³/mol. The highest BCUT2D eigenvalue weighted by atomic mass is 32.2. The van der Waals surface area contributed by atoms with Crippen LogP contribution in [0.3, 0.4) is 0 Å². The summed E-state index contributed by atoms with van der Waals surface area (Å²) in [5.74, 6) is 0.328. The van der Waals surface area contributed by atoms with E-state index in [4.69, 9.17) is 4.74 Å².